The highest BCUT2D eigenvalue weighted by atomic mass is 16.5. The van der Waals surface area contributed by atoms with Crippen LogP contribution in [-0.2, 0) is 10.2 Å². The van der Waals surface area contributed by atoms with Crippen molar-refractivity contribution in [2.75, 3.05) is 51.3 Å². The summed E-state index contributed by atoms with van der Waals surface area (Å²) >= 11 is 0. The summed E-state index contributed by atoms with van der Waals surface area (Å²) in [4.78, 5) is 32.2. The summed E-state index contributed by atoms with van der Waals surface area (Å²) in [5.74, 6) is 0.638. The number of rotatable bonds is 6. The predicted molar refractivity (Wildman–Crippen MR) is 122 cm³/mol. The summed E-state index contributed by atoms with van der Waals surface area (Å²) in [6, 6.07) is 15.6. The van der Waals surface area contributed by atoms with Crippen LogP contribution in [0.25, 0.3) is 0 Å². The molecule has 0 bridgehead atoms. The van der Waals surface area contributed by atoms with E-state index in [1.807, 2.05) is 56.3 Å². The maximum atomic E-state index is 13.0. The fourth-order valence-electron chi connectivity index (χ4n) is 4.66. The summed E-state index contributed by atoms with van der Waals surface area (Å²) < 4.78 is 5.49. The average Bonchev–Trinajstić information content (AvgIpc) is 2.80. The van der Waals surface area contributed by atoms with Gasteiger partial charge < -0.3 is 9.64 Å². The number of carbonyl (C=O) groups excluding carboxylic acids is 2. The van der Waals surface area contributed by atoms with Crippen molar-refractivity contribution in [2.24, 2.45) is 0 Å². The summed E-state index contributed by atoms with van der Waals surface area (Å²) in [6.07, 6.45) is 0.782. The van der Waals surface area contributed by atoms with Crippen molar-refractivity contribution in [3.05, 3.63) is 59.7 Å². The summed E-state index contributed by atoms with van der Waals surface area (Å²) in [5.41, 5.74) is 1.94. The molecule has 1 fully saturated rings. The van der Waals surface area contributed by atoms with Gasteiger partial charge in [-0.2, -0.15) is 0 Å². The second kappa shape index (κ2) is 8.71. The average molecular weight is 422 g/mol. The summed E-state index contributed by atoms with van der Waals surface area (Å²) in [7, 11) is 1.71. The maximum Gasteiger partial charge on any atom is 0.260 e. The van der Waals surface area contributed by atoms with Crippen LogP contribution in [0.1, 0.15) is 36.2 Å². The second-order valence-corrected chi connectivity index (χ2v) is 8.79. The zero-order chi connectivity index (χ0) is 22.0. The number of amides is 2. The highest BCUT2D eigenvalue weighted by Crippen LogP contribution is 2.34. The summed E-state index contributed by atoms with van der Waals surface area (Å²) in [6.45, 7) is 8.92. The molecule has 31 heavy (non-hydrogen) atoms. The quantitative estimate of drug-likeness (QED) is 0.671. The molecular formula is C25H31N3O3. The molecule has 0 radical (unpaired) electrons. The maximum absolute atomic E-state index is 13.0. The van der Waals surface area contributed by atoms with Crippen LogP contribution in [0, 0.1) is 0 Å². The number of benzene rings is 2. The van der Waals surface area contributed by atoms with Crippen molar-refractivity contribution in [1.82, 2.24) is 9.80 Å². The summed E-state index contributed by atoms with van der Waals surface area (Å²) in [5, 5.41) is 0. The molecule has 6 nitrogen and oxygen atoms in total. The van der Waals surface area contributed by atoms with Gasteiger partial charge in [-0.05, 0) is 50.6 Å². The molecule has 1 saturated heterocycles. The fourth-order valence-corrected chi connectivity index (χ4v) is 4.66. The van der Waals surface area contributed by atoms with E-state index in [4.69, 9.17) is 4.74 Å². The third kappa shape index (κ3) is 4.04. The van der Waals surface area contributed by atoms with Gasteiger partial charge in [0.1, 0.15) is 5.75 Å². The number of anilines is 1. The molecule has 0 spiro atoms. The van der Waals surface area contributed by atoms with Crippen molar-refractivity contribution in [2.45, 2.75) is 25.7 Å². The molecule has 2 aliphatic rings. The van der Waals surface area contributed by atoms with E-state index in [0.29, 0.717) is 12.1 Å². The smallest absolute Gasteiger partial charge is 0.260 e. The molecular weight excluding hydrogens is 390 g/mol. The molecule has 164 valence electrons. The SMILES string of the molecule is COc1ccccc1N1CCN(CCCN2C(=O)c3ccccc3C(C)(C)C2=O)CC1. The molecule has 0 unspecified atom stereocenters. The number of methoxy groups -OCH3 is 1. The lowest BCUT2D eigenvalue weighted by molar-refractivity contribution is -0.134. The van der Waals surface area contributed by atoms with Crippen molar-refractivity contribution >= 4 is 17.5 Å². The van der Waals surface area contributed by atoms with Crippen molar-refractivity contribution in [1.29, 1.82) is 0 Å². The van der Waals surface area contributed by atoms with Crippen molar-refractivity contribution in [3.8, 4) is 5.75 Å². The van der Waals surface area contributed by atoms with Gasteiger partial charge in [-0.1, -0.05) is 30.3 Å². The first kappa shape index (κ1) is 21.4. The van der Waals surface area contributed by atoms with Gasteiger partial charge in [0.05, 0.1) is 18.2 Å². The van der Waals surface area contributed by atoms with Gasteiger partial charge in [0.15, 0.2) is 0 Å². The zero-order valence-electron chi connectivity index (χ0n) is 18.6. The largest absolute Gasteiger partial charge is 0.495 e. The number of carbonyl (C=O) groups is 2. The van der Waals surface area contributed by atoms with E-state index in [1.165, 1.54) is 4.90 Å². The normalized spacial score (nSPS) is 18.8. The Morgan fingerprint density at radius 3 is 2.32 bits per heavy atom. The van der Waals surface area contributed by atoms with Gasteiger partial charge >= 0.3 is 0 Å². The van der Waals surface area contributed by atoms with Gasteiger partial charge in [-0.25, -0.2) is 0 Å². The van der Waals surface area contributed by atoms with Crippen LogP contribution in [0.3, 0.4) is 0 Å². The number of imide groups is 1. The lowest BCUT2D eigenvalue weighted by Crippen LogP contribution is -2.52. The van der Waals surface area contributed by atoms with Crippen LogP contribution in [0.15, 0.2) is 48.5 Å². The molecule has 2 aromatic rings. The van der Waals surface area contributed by atoms with Crippen molar-refractivity contribution in [3.63, 3.8) is 0 Å². The van der Waals surface area contributed by atoms with Crippen molar-refractivity contribution < 1.29 is 14.3 Å². The standard InChI is InChI=1S/C25H31N3O3/c1-25(2)20-10-5-4-9-19(20)23(29)28(24(25)30)14-8-13-26-15-17-27(18-16-26)21-11-6-7-12-22(21)31-3/h4-7,9-12H,8,13-18H2,1-3H3. The van der Waals surface area contributed by atoms with E-state index in [2.05, 4.69) is 15.9 Å². The van der Waals surface area contributed by atoms with E-state index >= 15 is 0 Å². The molecule has 4 rings (SSSR count). The Morgan fingerprint density at radius 1 is 0.903 bits per heavy atom. The third-order valence-electron chi connectivity index (χ3n) is 6.51. The van der Waals surface area contributed by atoms with E-state index in [-0.39, 0.29) is 11.8 Å². The molecule has 0 atom stereocenters. The first-order valence-electron chi connectivity index (χ1n) is 11.0. The number of para-hydroxylation sites is 2. The van der Waals surface area contributed by atoms with Crippen LogP contribution < -0.4 is 9.64 Å². The first-order valence-corrected chi connectivity index (χ1v) is 11.0. The van der Waals surface area contributed by atoms with Gasteiger partial charge in [0, 0.05) is 38.3 Å². The van der Waals surface area contributed by atoms with Crippen LogP contribution in [-0.4, -0.2) is 68.0 Å². The molecule has 0 N–H and O–H groups in total. The molecule has 2 heterocycles. The Hall–Kier alpha value is -2.86. The Kier molecular flexibility index (Phi) is 6.01. The van der Waals surface area contributed by atoms with Crippen LogP contribution in [0.2, 0.25) is 0 Å². The van der Waals surface area contributed by atoms with Gasteiger partial charge in [-0.15, -0.1) is 0 Å². The zero-order valence-corrected chi connectivity index (χ0v) is 18.6. The highest BCUT2D eigenvalue weighted by molar-refractivity contribution is 6.12. The number of fused-ring (bicyclic) bond motifs is 1. The van der Waals surface area contributed by atoms with Gasteiger partial charge in [-0.3, -0.25) is 19.4 Å². The molecule has 0 aromatic heterocycles. The van der Waals surface area contributed by atoms with Gasteiger partial charge in [0.2, 0.25) is 5.91 Å². The highest BCUT2D eigenvalue weighted by Gasteiger charge is 2.43. The van der Waals surface area contributed by atoms with Gasteiger partial charge in [0.25, 0.3) is 5.91 Å². The number of ether oxygens (including phenoxy) is 1. The number of piperazine rings is 1. The molecule has 0 saturated carbocycles. The van der Waals surface area contributed by atoms with Crippen LogP contribution in [0.4, 0.5) is 5.69 Å². The number of hydrogen-bond acceptors (Lipinski definition) is 5. The first-order chi connectivity index (χ1) is 14.9. The van der Waals surface area contributed by atoms with Crippen LogP contribution >= 0.6 is 0 Å². The van der Waals surface area contributed by atoms with E-state index < -0.39 is 5.41 Å². The molecule has 6 heteroatoms. The lowest BCUT2D eigenvalue weighted by atomic mass is 9.77. The molecule has 2 aliphatic heterocycles. The topological polar surface area (TPSA) is 53.1 Å². The monoisotopic (exact) mass is 421 g/mol. The lowest BCUT2D eigenvalue weighted by Gasteiger charge is -2.38. The molecule has 0 aliphatic carbocycles. The Balaban J connectivity index is 1.32. The Labute approximate surface area is 184 Å². The molecule has 2 amide bonds. The Morgan fingerprint density at radius 2 is 1.58 bits per heavy atom. The second-order valence-electron chi connectivity index (χ2n) is 8.79. The fraction of sp³-hybridized carbons (Fsp3) is 0.440. The number of hydrogen-bond donors (Lipinski definition) is 0. The van der Waals surface area contributed by atoms with Crippen LogP contribution in [0.5, 0.6) is 5.75 Å². The third-order valence-corrected chi connectivity index (χ3v) is 6.51. The predicted octanol–water partition coefficient (Wildman–Crippen LogP) is 3.17. The van der Waals surface area contributed by atoms with E-state index in [0.717, 1.165) is 56.1 Å². The van der Waals surface area contributed by atoms with E-state index in [9.17, 15) is 9.59 Å². The van der Waals surface area contributed by atoms with E-state index in [1.54, 1.807) is 7.11 Å². The Bertz CT molecular complexity index is 964. The molecule has 2 aromatic carbocycles. The number of nitrogens with zero attached hydrogens (tertiary/aromatic N) is 3. The minimum Gasteiger partial charge on any atom is -0.495 e. The minimum absolute atomic E-state index is 0.0998. The minimum atomic E-state index is -0.676.